The summed E-state index contributed by atoms with van der Waals surface area (Å²) in [6, 6.07) is 17.8. The Balaban J connectivity index is 1.80. The summed E-state index contributed by atoms with van der Waals surface area (Å²) in [6.07, 6.45) is 0. The average molecular weight is 550 g/mol. The van der Waals surface area contributed by atoms with E-state index < -0.39 is 26.6 Å². The highest BCUT2D eigenvalue weighted by Gasteiger charge is 2.21. The van der Waals surface area contributed by atoms with Gasteiger partial charge in [0.05, 0.1) is 22.5 Å². The Labute approximate surface area is 223 Å². The van der Waals surface area contributed by atoms with Crippen LogP contribution in [0.4, 0.5) is 22.7 Å². The number of nitrogens with zero attached hydrogens (tertiary/aromatic N) is 4. The molecule has 0 spiro atoms. The summed E-state index contributed by atoms with van der Waals surface area (Å²) in [5.41, 5.74) is -0.160. The molecule has 39 heavy (non-hydrogen) atoms. The summed E-state index contributed by atoms with van der Waals surface area (Å²) in [6.45, 7) is 0. The molecule has 0 aliphatic rings. The van der Waals surface area contributed by atoms with Gasteiger partial charge in [-0.3, -0.25) is 14.9 Å². The Kier molecular flexibility index (Phi) is 7.56. The lowest BCUT2D eigenvalue weighted by Crippen LogP contribution is -2.22. The molecule has 0 aliphatic heterocycles. The minimum absolute atomic E-state index is 0.0404. The highest BCUT2D eigenvalue weighted by Crippen LogP contribution is 2.41. The van der Waals surface area contributed by atoms with E-state index in [1.807, 2.05) is 0 Å². The zero-order valence-corrected chi connectivity index (χ0v) is 21.8. The first-order valence-electron chi connectivity index (χ1n) is 11.4. The monoisotopic (exact) mass is 549 g/mol. The molecular formula is C26H23N5O7S. The number of fused-ring (bicyclic) bond motifs is 1. The van der Waals surface area contributed by atoms with Crippen LogP contribution in [-0.4, -0.2) is 49.9 Å². The van der Waals surface area contributed by atoms with E-state index in [1.54, 1.807) is 24.3 Å². The number of sulfonamides is 1. The molecule has 2 N–H and O–H groups in total. The zero-order valence-electron chi connectivity index (χ0n) is 21.0. The molecule has 0 bridgehead atoms. The number of benzene rings is 4. The molecule has 0 heterocycles. The van der Waals surface area contributed by atoms with Gasteiger partial charge in [-0.2, -0.15) is 0 Å². The number of phenols is 1. The second-order valence-electron chi connectivity index (χ2n) is 8.43. The Morgan fingerprint density at radius 3 is 2.46 bits per heavy atom. The number of carbonyl (C=O) groups is 1. The SMILES string of the molecule is COc1ccc(S(=O)(=O)N(C)C)cc1N=Nc1c(O)c(C(=O)Nc2cccc([N+](=O)[O-])c2)cc2ccccc12. The Morgan fingerprint density at radius 1 is 1.03 bits per heavy atom. The normalized spacial score (nSPS) is 11.7. The molecule has 1 amide bonds. The zero-order chi connectivity index (χ0) is 28.3. The van der Waals surface area contributed by atoms with E-state index in [0.717, 1.165) is 4.31 Å². The second-order valence-corrected chi connectivity index (χ2v) is 10.6. The number of carbonyl (C=O) groups excluding carboxylic acids is 1. The van der Waals surface area contributed by atoms with Crippen molar-refractivity contribution in [1.82, 2.24) is 4.31 Å². The van der Waals surface area contributed by atoms with Gasteiger partial charge in [0.25, 0.3) is 11.6 Å². The van der Waals surface area contributed by atoms with E-state index in [-0.39, 0.29) is 39.0 Å². The molecule has 0 unspecified atom stereocenters. The minimum Gasteiger partial charge on any atom is -0.505 e. The summed E-state index contributed by atoms with van der Waals surface area (Å²) in [5.74, 6) is -0.983. The van der Waals surface area contributed by atoms with Crippen molar-refractivity contribution < 1.29 is 28.0 Å². The van der Waals surface area contributed by atoms with Crippen LogP contribution < -0.4 is 10.1 Å². The van der Waals surface area contributed by atoms with Crippen LogP contribution in [0.25, 0.3) is 10.8 Å². The Morgan fingerprint density at radius 2 is 1.77 bits per heavy atom. The van der Waals surface area contributed by atoms with Gasteiger partial charge in [-0.05, 0) is 35.7 Å². The first kappa shape index (κ1) is 27.2. The number of methoxy groups -OCH3 is 1. The number of rotatable bonds is 8. The fourth-order valence-corrected chi connectivity index (χ4v) is 4.63. The average Bonchev–Trinajstić information content (AvgIpc) is 2.92. The quantitative estimate of drug-likeness (QED) is 0.169. The van der Waals surface area contributed by atoms with Crippen LogP contribution >= 0.6 is 0 Å². The number of nitrogens with one attached hydrogen (secondary N) is 1. The predicted molar refractivity (Wildman–Crippen MR) is 145 cm³/mol. The first-order chi connectivity index (χ1) is 18.5. The van der Waals surface area contributed by atoms with Crippen molar-refractivity contribution in [3.63, 3.8) is 0 Å². The molecule has 0 fully saturated rings. The van der Waals surface area contributed by atoms with Crippen LogP contribution in [0, 0.1) is 10.1 Å². The van der Waals surface area contributed by atoms with E-state index in [0.29, 0.717) is 10.8 Å². The molecule has 0 atom stereocenters. The highest BCUT2D eigenvalue weighted by atomic mass is 32.2. The van der Waals surface area contributed by atoms with E-state index in [1.165, 1.54) is 69.7 Å². The molecule has 0 radical (unpaired) electrons. The third-order valence-electron chi connectivity index (χ3n) is 5.74. The summed E-state index contributed by atoms with van der Waals surface area (Å²) < 4.78 is 31.6. The summed E-state index contributed by atoms with van der Waals surface area (Å²) in [4.78, 5) is 23.6. The smallest absolute Gasteiger partial charge is 0.271 e. The summed E-state index contributed by atoms with van der Waals surface area (Å²) >= 11 is 0. The number of phenolic OH excluding ortho intramolecular Hbond substituents is 1. The van der Waals surface area contributed by atoms with Crippen molar-refractivity contribution in [2.75, 3.05) is 26.5 Å². The molecule has 4 rings (SSSR count). The number of hydrogen-bond acceptors (Lipinski definition) is 9. The molecule has 0 saturated carbocycles. The van der Waals surface area contributed by atoms with Gasteiger partial charge in [-0.25, -0.2) is 12.7 Å². The van der Waals surface area contributed by atoms with Crippen molar-refractivity contribution >= 4 is 49.5 Å². The van der Waals surface area contributed by atoms with Crippen molar-refractivity contribution in [2.45, 2.75) is 4.90 Å². The van der Waals surface area contributed by atoms with E-state index in [9.17, 15) is 28.4 Å². The molecule has 200 valence electrons. The second kappa shape index (κ2) is 10.8. The van der Waals surface area contributed by atoms with Crippen LogP contribution in [0.5, 0.6) is 11.5 Å². The van der Waals surface area contributed by atoms with Crippen molar-refractivity contribution in [2.24, 2.45) is 10.2 Å². The van der Waals surface area contributed by atoms with Crippen molar-refractivity contribution in [3.8, 4) is 11.5 Å². The number of nitro groups is 1. The number of aromatic hydroxyl groups is 1. The number of nitro benzene ring substituents is 1. The Bertz CT molecular complexity index is 1740. The lowest BCUT2D eigenvalue weighted by atomic mass is 10.0. The minimum atomic E-state index is -3.77. The van der Waals surface area contributed by atoms with Crippen molar-refractivity contribution in [1.29, 1.82) is 0 Å². The van der Waals surface area contributed by atoms with Gasteiger partial charge in [-0.1, -0.05) is 30.3 Å². The van der Waals surface area contributed by atoms with Gasteiger partial charge in [-0.15, -0.1) is 10.2 Å². The topological polar surface area (TPSA) is 164 Å². The lowest BCUT2D eigenvalue weighted by Gasteiger charge is -2.13. The van der Waals surface area contributed by atoms with E-state index >= 15 is 0 Å². The van der Waals surface area contributed by atoms with Crippen molar-refractivity contribution in [3.05, 3.63) is 88.5 Å². The number of ether oxygens (including phenoxy) is 1. The first-order valence-corrected chi connectivity index (χ1v) is 12.8. The maximum Gasteiger partial charge on any atom is 0.271 e. The fraction of sp³-hybridized carbons (Fsp3) is 0.115. The third-order valence-corrected chi connectivity index (χ3v) is 7.55. The molecule has 0 aromatic heterocycles. The fourth-order valence-electron chi connectivity index (χ4n) is 3.71. The van der Waals surface area contributed by atoms with Crippen LogP contribution in [0.2, 0.25) is 0 Å². The molecule has 13 heteroatoms. The van der Waals surface area contributed by atoms with Gasteiger partial charge >= 0.3 is 0 Å². The van der Waals surface area contributed by atoms with E-state index in [4.69, 9.17) is 4.74 Å². The van der Waals surface area contributed by atoms with Crippen LogP contribution in [0.3, 0.4) is 0 Å². The summed E-state index contributed by atoms with van der Waals surface area (Å²) in [7, 11) is 0.410. The number of non-ortho nitro benzene ring substituents is 1. The molecule has 4 aromatic carbocycles. The largest absolute Gasteiger partial charge is 0.505 e. The number of azo groups is 1. The standard InChI is InChI=1S/C26H23N5O7S/c1-30(2)39(36,37)19-11-12-23(38-3)22(15-19)28-29-24-20-10-5-4-7-16(20)13-21(25(24)32)26(33)27-17-8-6-9-18(14-17)31(34)35/h4-15,32H,1-3H3,(H,27,33). The number of hydrogen-bond donors (Lipinski definition) is 2. The molecule has 0 aliphatic carbocycles. The Hall–Kier alpha value is -4.88. The molecule has 0 saturated heterocycles. The van der Waals surface area contributed by atoms with Gasteiger partial charge in [0.2, 0.25) is 10.0 Å². The molecular weight excluding hydrogens is 526 g/mol. The van der Waals surface area contributed by atoms with Crippen LogP contribution in [0.15, 0.2) is 87.9 Å². The number of amides is 1. The summed E-state index contributed by atoms with van der Waals surface area (Å²) in [5, 5.41) is 34.1. The predicted octanol–water partition coefficient (Wildman–Crippen LogP) is 5.38. The van der Waals surface area contributed by atoms with Gasteiger partial charge in [0.1, 0.15) is 17.1 Å². The van der Waals surface area contributed by atoms with Gasteiger partial charge in [0, 0.05) is 37.3 Å². The van der Waals surface area contributed by atoms with Gasteiger partial charge < -0.3 is 15.2 Å². The van der Waals surface area contributed by atoms with Gasteiger partial charge in [0.15, 0.2) is 5.75 Å². The number of anilines is 1. The maximum atomic E-state index is 13.1. The molecule has 12 nitrogen and oxygen atoms in total. The van der Waals surface area contributed by atoms with Crippen LogP contribution in [0.1, 0.15) is 10.4 Å². The highest BCUT2D eigenvalue weighted by molar-refractivity contribution is 7.89. The maximum absolute atomic E-state index is 13.1. The third kappa shape index (κ3) is 5.54. The van der Waals surface area contributed by atoms with E-state index in [2.05, 4.69) is 15.5 Å². The molecule has 4 aromatic rings. The van der Waals surface area contributed by atoms with Crippen LogP contribution in [-0.2, 0) is 10.0 Å². The lowest BCUT2D eigenvalue weighted by molar-refractivity contribution is -0.384.